The molecule has 1 unspecified atom stereocenters. The Morgan fingerprint density at radius 2 is 1.61 bits per heavy atom. The maximum atomic E-state index is 13.4. The van der Waals surface area contributed by atoms with Crippen molar-refractivity contribution in [2.75, 3.05) is 25.2 Å². The molecule has 1 heterocycles. The fraction of sp³-hybridized carbons (Fsp3) is 0.207. The summed E-state index contributed by atoms with van der Waals surface area (Å²) in [6, 6.07) is 16.7. The number of methoxy groups -OCH3 is 1. The molecule has 0 aromatic heterocycles. The second kappa shape index (κ2) is 11.4. The van der Waals surface area contributed by atoms with E-state index in [0.29, 0.717) is 39.9 Å². The Kier molecular flexibility index (Phi) is 8.02. The number of rotatable bonds is 8. The van der Waals surface area contributed by atoms with Crippen LogP contribution in [0.5, 0.6) is 11.5 Å². The highest BCUT2D eigenvalue weighted by Crippen LogP contribution is 2.43. The van der Waals surface area contributed by atoms with Crippen molar-refractivity contribution in [1.82, 2.24) is 0 Å². The van der Waals surface area contributed by atoms with Crippen LogP contribution in [0, 0.1) is 0 Å². The van der Waals surface area contributed by atoms with E-state index in [1.807, 2.05) is 0 Å². The Hall–Kier alpha value is -4.30. The van der Waals surface area contributed by atoms with E-state index in [2.05, 4.69) is 0 Å². The van der Waals surface area contributed by atoms with Gasteiger partial charge in [0, 0.05) is 11.3 Å². The lowest BCUT2D eigenvalue weighted by Crippen LogP contribution is -2.29. The van der Waals surface area contributed by atoms with Crippen LogP contribution in [0.15, 0.2) is 72.3 Å². The summed E-state index contributed by atoms with van der Waals surface area (Å²) in [6.07, 6.45) is 0. The number of hydrogen-bond donors (Lipinski definition) is 1. The zero-order chi connectivity index (χ0) is 27.4. The van der Waals surface area contributed by atoms with Crippen LogP contribution >= 0.6 is 11.6 Å². The molecule has 0 radical (unpaired) electrons. The third kappa shape index (κ3) is 5.08. The average Bonchev–Trinajstić information content (AvgIpc) is 3.20. The molecule has 196 valence electrons. The van der Waals surface area contributed by atoms with Gasteiger partial charge in [-0.2, -0.15) is 0 Å². The molecule has 8 nitrogen and oxygen atoms in total. The van der Waals surface area contributed by atoms with Crippen LogP contribution in [0.4, 0.5) is 5.69 Å². The van der Waals surface area contributed by atoms with Crippen molar-refractivity contribution in [3.63, 3.8) is 0 Å². The van der Waals surface area contributed by atoms with Gasteiger partial charge in [-0.15, -0.1) is 0 Å². The summed E-state index contributed by atoms with van der Waals surface area (Å²) in [5.74, 6) is -1.62. The third-order valence-corrected chi connectivity index (χ3v) is 6.35. The van der Waals surface area contributed by atoms with Gasteiger partial charge in [0.1, 0.15) is 17.3 Å². The molecule has 3 aromatic carbocycles. The van der Waals surface area contributed by atoms with Crippen LogP contribution in [0.1, 0.15) is 41.4 Å². The van der Waals surface area contributed by atoms with Gasteiger partial charge >= 0.3 is 5.97 Å². The number of Topliss-reactive ketones (excluding diaryl/α,β-unsaturated/α-hetero) is 1. The molecule has 0 bridgehead atoms. The second-order valence-corrected chi connectivity index (χ2v) is 8.70. The summed E-state index contributed by atoms with van der Waals surface area (Å²) in [5, 5.41) is 11.7. The number of nitrogens with zero attached hydrogens (tertiary/aromatic N) is 1. The number of halogens is 1. The van der Waals surface area contributed by atoms with Crippen LogP contribution in [0.2, 0.25) is 5.02 Å². The number of carbonyl (C=O) groups excluding carboxylic acids is 3. The summed E-state index contributed by atoms with van der Waals surface area (Å²) >= 11 is 6.21. The first kappa shape index (κ1) is 26.8. The molecule has 9 heteroatoms. The standard InChI is InChI=1S/C29H26ClNO7/c1-4-37-23-16-19(10-15-22(23)30)26(32)24-25(17-8-13-21(36-3)14-9-17)31(28(34)27(24)33)20-11-6-18(7-12-20)29(35)38-5-2/h6-16,25,32H,4-5H2,1-3H3/b26-24-. The van der Waals surface area contributed by atoms with Crippen molar-refractivity contribution in [3.05, 3.63) is 94.0 Å². The summed E-state index contributed by atoms with van der Waals surface area (Å²) in [4.78, 5) is 40.2. The van der Waals surface area contributed by atoms with E-state index in [9.17, 15) is 19.5 Å². The molecule has 4 rings (SSSR count). The van der Waals surface area contributed by atoms with Gasteiger partial charge in [-0.3, -0.25) is 14.5 Å². The van der Waals surface area contributed by atoms with E-state index in [0.717, 1.165) is 0 Å². The van der Waals surface area contributed by atoms with E-state index in [1.54, 1.807) is 62.4 Å². The smallest absolute Gasteiger partial charge is 0.338 e. The Morgan fingerprint density at radius 3 is 2.21 bits per heavy atom. The van der Waals surface area contributed by atoms with Crippen molar-refractivity contribution in [2.45, 2.75) is 19.9 Å². The van der Waals surface area contributed by atoms with E-state index >= 15 is 0 Å². The Morgan fingerprint density at radius 1 is 0.947 bits per heavy atom. The summed E-state index contributed by atoms with van der Waals surface area (Å²) in [7, 11) is 1.53. The normalized spacial score (nSPS) is 16.4. The van der Waals surface area contributed by atoms with Gasteiger partial charge in [0.15, 0.2) is 0 Å². The topological polar surface area (TPSA) is 102 Å². The van der Waals surface area contributed by atoms with Crippen molar-refractivity contribution in [3.8, 4) is 11.5 Å². The first-order valence-corrected chi connectivity index (χ1v) is 12.3. The molecule has 0 aliphatic carbocycles. The number of aliphatic hydroxyl groups excluding tert-OH is 1. The third-order valence-electron chi connectivity index (χ3n) is 6.04. The molecule has 1 aliphatic rings. The number of carbonyl (C=O) groups is 3. The van der Waals surface area contributed by atoms with Gasteiger partial charge in [-0.25, -0.2) is 4.79 Å². The number of hydrogen-bond acceptors (Lipinski definition) is 7. The van der Waals surface area contributed by atoms with E-state index < -0.39 is 23.7 Å². The maximum Gasteiger partial charge on any atom is 0.338 e. The molecule has 0 saturated carbocycles. The van der Waals surface area contributed by atoms with Crippen LogP contribution in [0.3, 0.4) is 0 Å². The van der Waals surface area contributed by atoms with Gasteiger partial charge in [0.05, 0.1) is 42.5 Å². The Bertz CT molecular complexity index is 1400. The molecular formula is C29H26ClNO7. The summed E-state index contributed by atoms with van der Waals surface area (Å²) < 4.78 is 15.8. The first-order chi connectivity index (χ1) is 18.3. The minimum absolute atomic E-state index is 0.0978. The highest BCUT2D eigenvalue weighted by Gasteiger charge is 2.47. The summed E-state index contributed by atoms with van der Waals surface area (Å²) in [5.41, 5.74) is 1.41. The molecule has 1 atom stereocenters. The highest BCUT2D eigenvalue weighted by atomic mass is 35.5. The van der Waals surface area contributed by atoms with Crippen LogP contribution in [-0.4, -0.2) is 43.1 Å². The van der Waals surface area contributed by atoms with Crippen molar-refractivity contribution >= 4 is 40.7 Å². The van der Waals surface area contributed by atoms with Gasteiger partial charge in [-0.05, 0) is 74.0 Å². The van der Waals surface area contributed by atoms with E-state index in [1.165, 1.54) is 30.2 Å². The number of esters is 1. The van der Waals surface area contributed by atoms with Crippen molar-refractivity contribution < 1.29 is 33.7 Å². The van der Waals surface area contributed by atoms with Crippen LogP contribution in [0.25, 0.3) is 5.76 Å². The number of ketones is 1. The number of amides is 1. The van der Waals surface area contributed by atoms with E-state index in [4.69, 9.17) is 25.8 Å². The molecule has 0 spiro atoms. The molecular weight excluding hydrogens is 510 g/mol. The van der Waals surface area contributed by atoms with Crippen LogP contribution < -0.4 is 14.4 Å². The molecule has 1 fully saturated rings. The fourth-order valence-electron chi connectivity index (χ4n) is 4.25. The second-order valence-electron chi connectivity index (χ2n) is 8.29. The number of ether oxygens (including phenoxy) is 3. The molecule has 1 saturated heterocycles. The average molecular weight is 536 g/mol. The fourth-order valence-corrected chi connectivity index (χ4v) is 4.42. The lowest BCUT2D eigenvalue weighted by atomic mass is 9.95. The SMILES string of the molecule is CCOC(=O)c1ccc(N2C(=O)C(=O)/C(=C(\O)c3ccc(Cl)c(OCC)c3)C2c2ccc(OC)cc2)cc1. The Labute approximate surface area is 225 Å². The lowest BCUT2D eigenvalue weighted by molar-refractivity contribution is -0.132. The Balaban J connectivity index is 1.87. The number of aliphatic hydroxyl groups is 1. The lowest BCUT2D eigenvalue weighted by Gasteiger charge is -2.25. The molecule has 1 N–H and O–H groups in total. The molecule has 38 heavy (non-hydrogen) atoms. The zero-order valence-corrected chi connectivity index (χ0v) is 21.8. The zero-order valence-electron chi connectivity index (χ0n) is 21.1. The molecule has 3 aromatic rings. The highest BCUT2D eigenvalue weighted by molar-refractivity contribution is 6.51. The van der Waals surface area contributed by atoms with E-state index in [-0.39, 0.29) is 23.5 Å². The number of benzene rings is 3. The monoisotopic (exact) mass is 535 g/mol. The summed E-state index contributed by atoms with van der Waals surface area (Å²) in [6.45, 7) is 4.08. The van der Waals surface area contributed by atoms with Gasteiger partial charge < -0.3 is 19.3 Å². The minimum atomic E-state index is -0.958. The largest absolute Gasteiger partial charge is 0.507 e. The number of anilines is 1. The molecule has 1 aliphatic heterocycles. The predicted molar refractivity (Wildman–Crippen MR) is 143 cm³/mol. The molecule has 1 amide bonds. The first-order valence-electron chi connectivity index (χ1n) is 12.0. The minimum Gasteiger partial charge on any atom is -0.507 e. The van der Waals surface area contributed by atoms with Crippen molar-refractivity contribution in [2.24, 2.45) is 0 Å². The van der Waals surface area contributed by atoms with Crippen LogP contribution in [-0.2, 0) is 14.3 Å². The maximum absolute atomic E-state index is 13.4. The quantitative estimate of drug-likeness (QED) is 0.174. The van der Waals surface area contributed by atoms with Crippen molar-refractivity contribution in [1.29, 1.82) is 0 Å². The van der Waals surface area contributed by atoms with Gasteiger partial charge in [0.25, 0.3) is 11.7 Å². The van der Waals surface area contributed by atoms with Gasteiger partial charge in [-0.1, -0.05) is 23.7 Å². The predicted octanol–water partition coefficient (Wildman–Crippen LogP) is 5.55. The van der Waals surface area contributed by atoms with Gasteiger partial charge in [0.2, 0.25) is 0 Å².